The molecule has 3 aliphatic rings. The standard InChI is InChI=1S/C19H18N4O3S/c1-22-9-14(12-4-5-15-16(7-12)26-11-25-15)19(10-22)17(24)23(18(27)21-19)13-3-2-6-20-8-13/h2-8,14H,9-11H2,1H3,(H,21,27)/t14-,19+/m1/s1. The maximum atomic E-state index is 13.6. The Bertz CT molecular complexity index is 938. The number of hydrogen-bond acceptors (Lipinski definition) is 6. The number of benzene rings is 1. The highest BCUT2D eigenvalue weighted by atomic mass is 32.1. The summed E-state index contributed by atoms with van der Waals surface area (Å²) in [4.78, 5) is 21.4. The van der Waals surface area contributed by atoms with Crippen molar-refractivity contribution in [1.29, 1.82) is 0 Å². The molecule has 5 rings (SSSR count). The van der Waals surface area contributed by atoms with E-state index in [1.165, 1.54) is 0 Å². The van der Waals surface area contributed by atoms with Crippen LogP contribution in [0.1, 0.15) is 11.5 Å². The Labute approximate surface area is 161 Å². The maximum Gasteiger partial charge on any atom is 0.261 e. The number of rotatable bonds is 2. The summed E-state index contributed by atoms with van der Waals surface area (Å²) in [6.07, 6.45) is 3.33. The zero-order valence-electron chi connectivity index (χ0n) is 14.7. The topological polar surface area (TPSA) is 66.9 Å². The number of nitrogens with zero attached hydrogens (tertiary/aromatic N) is 3. The highest BCUT2D eigenvalue weighted by molar-refractivity contribution is 7.80. The summed E-state index contributed by atoms with van der Waals surface area (Å²) in [5.41, 5.74) is 0.895. The Hall–Kier alpha value is -2.71. The van der Waals surface area contributed by atoms with Crippen molar-refractivity contribution in [3.63, 3.8) is 0 Å². The number of likely N-dealkylation sites (N-methyl/N-ethyl adjacent to an activating group) is 1. The Morgan fingerprint density at radius 1 is 1.30 bits per heavy atom. The van der Waals surface area contributed by atoms with Gasteiger partial charge in [-0.15, -0.1) is 0 Å². The molecular weight excluding hydrogens is 364 g/mol. The molecule has 27 heavy (non-hydrogen) atoms. The highest BCUT2D eigenvalue weighted by Gasteiger charge is 2.59. The van der Waals surface area contributed by atoms with E-state index in [1.807, 2.05) is 31.3 Å². The molecule has 1 spiro atoms. The fraction of sp³-hybridized carbons (Fsp3) is 0.316. The van der Waals surface area contributed by atoms with Crippen LogP contribution in [-0.4, -0.2) is 53.4 Å². The van der Waals surface area contributed by atoms with Crippen molar-refractivity contribution >= 4 is 28.9 Å². The molecule has 8 heteroatoms. The summed E-state index contributed by atoms with van der Waals surface area (Å²) in [6, 6.07) is 9.52. The molecule has 0 saturated carbocycles. The number of anilines is 1. The van der Waals surface area contributed by atoms with Crippen molar-refractivity contribution < 1.29 is 14.3 Å². The fourth-order valence-electron chi connectivity index (χ4n) is 4.24. The van der Waals surface area contributed by atoms with Gasteiger partial charge in [0.15, 0.2) is 16.6 Å². The summed E-state index contributed by atoms with van der Waals surface area (Å²) in [6.45, 7) is 1.54. The lowest BCUT2D eigenvalue weighted by Crippen LogP contribution is -2.52. The SMILES string of the molecule is CN1C[C@H](c2ccc3c(c2)OCO3)[C@]2(C1)NC(=S)N(c1cccnc1)C2=O. The Balaban J connectivity index is 1.56. The van der Waals surface area contributed by atoms with E-state index in [-0.39, 0.29) is 18.6 Å². The maximum absolute atomic E-state index is 13.6. The van der Waals surface area contributed by atoms with Gasteiger partial charge in [-0.05, 0) is 49.1 Å². The molecule has 2 saturated heterocycles. The molecule has 0 bridgehead atoms. The lowest BCUT2D eigenvalue weighted by atomic mass is 9.81. The van der Waals surface area contributed by atoms with E-state index in [9.17, 15) is 4.79 Å². The number of pyridine rings is 1. The third-order valence-electron chi connectivity index (χ3n) is 5.43. The van der Waals surface area contributed by atoms with Crippen LogP contribution < -0.4 is 19.7 Å². The number of ether oxygens (including phenoxy) is 2. The largest absolute Gasteiger partial charge is 0.454 e. The van der Waals surface area contributed by atoms with Crippen molar-refractivity contribution in [3.8, 4) is 11.5 Å². The monoisotopic (exact) mass is 382 g/mol. The molecule has 0 aliphatic carbocycles. The van der Waals surface area contributed by atoms with Crippen molar-refractivity contribution in [2.45, 2.75) is 11.5 Å². The van der Waals surface area contributed by atoms with Gasteiger partial charge in [0.25, 0.3) is 5.91 Å². The van der Waals surface area contributed by atoms with Gasteiger partial charge in [0.05, 0.1) is 11.9 Å². The number of amides is 1. The highest BCUT2D eigenvalue weighted by Crippen LogP contribution is 2.43. The summed E-state index contributed by atoms with van der Waals surface area (Å²) in [5, 5.41) is 3.75. The van der Waals surface area contributed by atoms with Crippen LogP contribution in [0.15, 0.2) is 42.7 Å². The summed E-state index contributed by atoms with van der Waals surface area (Å²) < 4.78 is 10.9. The molecule has 2 aromatic rings. The quantitative estimate of drug-likeness (QED) is 0.790. The Morgan fingerprint density at radius 3 is 2.96 bits per heavy atom. The first-order valence-electron chi connectivity index (χ1n) is 8.73. The van der Waals surface area contributed by atoms with Gasteiger partial charge in [0.2, 0.25) is 6.79 Å². The third-order valence-corrected chi connectivity index (χ3v) is 5.71. The fourth-order valence-corrected chi connectivity index (χ4v) is 4.61. The molecule has 1 N–H and O–H groups in total. The molecule has 0 unspecified atom stereocenters. The number of aromatic nitrogens is 1. The van der Waals surface area contributed by atoms with E-state index >= 15 is 0 Å². The zero-order chi connectivity index (χ0) is 18.6. The first-order chi connectivity index (χ1) is 13.1. The molecule has 2 fully saturated rings. The summed E-state index contributed by atoms with van der Waals surface area (Å²) in [5.74, 6) is 1.34. The average Bonchev–Trinajstić information content (AvgIpc) is 3.32. The van der Waals surface area contributed by atoms with Gasteiger partial charge in [-0.3, -0.25) is 14.7 Å². The lowest BCUT2D eigenvalue weighted by molar-refractivity contribution is -0.122. The number of thiocarbonyl (C=S) groups is 1. The molecular formula is C19H18N4O3S. The van der Waals surface area contributed by atoms with Crippen LogP contribution in [0.25, 0.3) is 0 Å². The first-order valence-corrected chi connectivity index (χ1v) is 9.14. The van der Waals surface area contributed by atoms with E-state index in [0.29, 0.717) is 23.1 Å². The summed E-state index contributed by atoms with van der Waals surface area (Å²) in [7, 11) is 2.01. The van der Waals surface area contributed by atoms with E-state index in [0.717, 1.165) is 17.9 Å². The van der Waals surface area contributed by atoms with Gasteiger partial charge in [-0.2, -0.15) is 0 Å². The van der Waals surface area contributed by atoms with Crippen molar-refractivity contribution in [3.05, 3.63) is 48.3 Å². The molecule has 3 aliphatic heterocycles. The van der Waals surface area contributed by atoms with Crippen LogP contribution in [0, 0.1) is 0 Å². The van der Waals surface area contributed by atoms with Crippen LogP contribution in [0.3, 0.4) is 0 Å². The van der Waals surface area contributed by atoms with E-state index in [4.69, 9.17) is 21.7 Å². The predicted molar refractivity (Wildman–Crippen MR) is 103 cm³/mol. The normalized spacial score (nSPS) is 26.9. The van der Waals surface area contributed by atoms with Crippen LogP contribution in [0.2, 0.25) is 0 Å². The van der Waals surface area contributed by atoms with E-state index in [2.05, 4.69) is 15.2 Å². The van der Waals surface area contributed by atoms with Gasteiger partial charge in [-0.1, -0.05) is 6.07 Å². The minimum atomic E-state index is -0.810. The zero-order valence-corrected chi connectivity index (χ0v) is 15.5. The molecule has 1 aromatic heterocycles. The van der Waals surface area contributed by atoms with E-state index in [1.54, 1.807) is 23.4 Å². The molecule has 2 atom stereocenters. The van der Waals surface area contributed by atoms with Crippen molar-refractivity contribution in [2.75, 3.05) is 31.8 Å². The number of fused-ring (bicyclic) bond motifs is 1. The minimum Gasteiger partial charge on any atom is -0.454 e. The van der Waals surface area contributed by atoms with Crippen LogP contribution in [0.4, 0.5) is 5.69 Å². The molecule has 4 heterocycles. The Kier molecular flexibility index (Phi) is 3.60. The number of carbonyl (C=O) groups is 1. The van der Waals surface area contributed by atoms with Gasteiger partial charge in [0.1, 0.15) is 5.54 Å². The number of likely N-dealkylation sites (tertiary alicyclic amines) is 1. The average molecular weight is 382 g/mol. The summed E-state index contributed by atoms with van der Waals surface area (Å²) >= 11 is 5.53. The van der Waals surface area contributed by atoms with Gasteiger partial charge in [-0.25, -0.2) is 0 Å². The van der Waals surface area contributed by atoms with E-state index < -0.39 is 5.54 Å². The smallest absolute Gasteiger partial charge is 0.261 e. The van der Waals surface area contributed by atoms with Gasteiger partial charge < -0.3 is 19.7 Å². The third kappa shape index (κ3) is 2.40. The molecule has 1 aromatic carbocycles. The second-order valence-electron chi connectivity index (χ2n) is 7.12. The minimum absolute atomic E-state index is 0.0486. The van der Waals surface area contributed by atoms with Crippen molar-refractivity contribution in [2.24, 2.45) is 0 Å². The second-order valence-corrected chi connectivity index (χ2v) is 7.50. The van der Waals surface area contributed by atoms with Crippen LogP contribution in [-0.2, 0) is 4.79 Å². The Morgan fingerprint density at radius 2 is 2.15 bits per heavy atom. The van der Waals surface area contributed by atoms with Crippen molar-refractivity contribution in [1.82, 2.24) is 15.2 Å². The molecule has 0 radical (unpaired) electrons. The second kappa shape index (κ2) is 5.90. The van der Waals surface area contributed by atoms with Gasteiger partial charge >= 0.3 is 0 Å². The van der Waals surface area contributed by atoms with Gasteiger partial charge in [0, 0.05) is 25.2 Å². The number of carbonyl (C=O) groups excluding carboxylic acids is 1. The molecule has 7 nitrogen and oxygen atoms in total. The molecule has 1 amide bonds. The predicted octanol–water partition coefficient (Wildman–Crippen LogP) is 1.50. The molecule has 138 valence electrons. The lowest BCUT2D eigenvalue weighted by Gasteiger charge is -2.28. The van der Waals surface area contributed by atoms with Crippen LogP contribution >= 0.6 is 12.2 Å². The number of nitrogens with one attached hydrogen (secondary N) is 1. The van der Waals surface area contributed by atoms with Crippen LogP contribution in [0.5, 0.6) is 11.5 Å². The number of hydrogen-bond donors (Lipinski definition) is 1. The first kappa shape index (κ1) is 16.5.